The fraction of sp³-hybridized carbons (Fsp3) is 0.529. The number of ether oxygens (including phenoxy) is 1. The summed E-state index contributed by atoms with van der Waals surface area (Å²) in [6.07, 6.45) is 5.30. The molecule has 0 radical (unpaired) electrons. The van der Waals surface area contributed by atoms with Gasteiger partial charge in [0.2, 0.25) is 0 Å². The fourth-order valence-corrected chi connectivity index (χ4v) is 3.81. The first-order valence-corrected chi connectivity index (χ1v) is 7.81. The molecule has 0 heterocycles. The number of amides is 1. The Morgan fingerprint density at radius 2 is 2.14 bits per heavy atom. The number of carbonyl (C=O) groups is 2. The average molecular weight is 305 g/mol. The lowest BCUT2D eigenvalue weighted by Crippen LogP contribution is -2.23. The van der Waals surface area contributed by atoms with Crippen LogP contribution in [0.3, 0.4) is 0 Å². The average Bonchev–Trinajstić information content (AvgIpc) is 3.08. The van der Waals surface area contributed by atoms with Gasteiger partial charge in [0, 0.05) is 12.1 Å². The number of hydrogen-bond acceptors (Lipinski definition) is 3. The first-order chi connectivity index (χ1) is 10.6. The Balaban J connectivity index is 1.40. The summed E-state index contributed by atoms with van der Waals surface area (Å²) in [6, 6.07) is 5.60. The van der Waals surface area contributed by atoms with Gasteiger partial charge in [0.25, 0.3) is 5.91 Å². The number of esters is 1. The third-order valence-corrected chi connectivity index (χ3v) is 4.79. The monoisotopic (exact) mass is 305 g/mol. The van der Waals surface area contributed by atoms with E-state index in [9.17, 15) is 14.0 Å². The van der Waals surface area contributed by atoms with E-state index in [1.54, 1.807) is 6.07 Å². The van der Waals surface area contributed by atoms with Gasteiger partial charge in [0.15, 0.2) is 6.61 Å². The van der Waals surface area contributed by atoms with Crippen LogP contribution in [-0.2, 0) is 14.3 Å². The maximum atomic E-state index is 13.0. The van der Waals surface area contributed by atoms with Gasteiger partial charge in [-0.3, -0.25) is 9.59 Å². The summed E-state index contributed by atoms with van der Waals surface area (Å²) >= 11 is 0. The largest absolute Gasteiger partial charge is 0.456 e. The van der Waals surface area contributed by atoms with Gasteiger partial charge in [0.05, 0.1) is 0 Å². The molecule has 1 amide bonds. The Bertz CT molecular complexity index is 575. The number of halogens is 1. The lowest BCUT2D eigenvalue weighted by molar-refractivity contribution is -0.148. The molecular formula is C17H20FNO3. The van der Waals surface area contributed by atoms with Crippen LogP contribution in [0.5, 0.6) is 0 Å². The molecule has 3 atom stereocenters. The Labute approximate surface area is 129 Å². The number of anilines is 1. The first-order valence-electron chi connectivity index (χ1n) is 7.81. The minimum absolute atomic E-state index is 0.313. The molecule has 1 aromatic rings. The summed E-state index contributed by atoms with van der Waals surface area (Å²) in [5.74, 6) is 0.695. The third kappa shape index (κ3) is 3.64. The SMILES string of the molecule is O=C(COC(=O)C[C@H]1C[C@@H]2CC[C@@H]1C2)Nc1cccc(F)c1. The summed E-state index contributed by atoms with van der Waals surface area (Å²) in [7, 11) is 0. The van der Waals surface area contributed by atoms with Crippen LogP contribution in [0.25, 0.3) is 0 Å². The molecule has 0 aliphatic heterocycles. The second-order valence-corrected chi connectivity index (χ2v) is 6.36. The molecule has 1 aromatic carbocycles. The molecular weight excluding hydrogens is 285 g/mol. The number of hydrogen-bond donors (Lipinski definition) is 1. The molecule has 2 bridgehead atoms. The molecule has 2 aliphatic rings. The molecule has 0 aromatic heterocycles. The van der Waals surface area contributed by atoms with E-state index >= 15 is 0 Å². The highest BCUT2D eigenvalue weighted by Crippen LogP contribution is 2.49. The van der Waals surface area contributed by atoms with Crippen molar-refractivity contribution in [2.24, 2.45) is 17.8 Å². The highest BCUT2D eigenvalue weighted by molar-refractivity contribution is 5.92. The third-order valence-electron chi connectivity index (χ3n) is 4.79. The van der Waals surface area contributed by atoms with Crippen molar-refractivity contribution in [3.8, 4) is 0 Å². The van der Waals surface area contributed by atoms with Crippen LogP contribution in [0.15, 0.2) is 24.3 Å². The van der Waals surface area contributed by atoms with Gasteiger partial charge in [-0.1, -0.05) is 12.5 Å². The summed E-state index contributed by atoms with van der Waals surface area (Å²) in [5, 5.41) is 2.50. The maximum Gasteiger partial charge on any atom is 0.306 e. The lowest BCUT2D eigenvalue weighted by Gasteiger charge is -2.20. The highest BCUT2D eigenvalue weighted by atomic mass is 19.1. The molecule has 0 saturated heterocycles. The number of nitrogens with one attached hydrogen (secondary N) is 1. The van der Waals surface area contributed by atoms with Gasteiger partial charge in [-0.2, -0.15) is 0 Å². The van der Waals surface area contributed by atoms with Gasteiger partial charge in [-0.15, -0.1) is 0 Å². The van der Waals surface area contributed by atoms with Crippen molar-refractivity contribution in [3.05, 3.63) is 30.1 Å². The molecule has 0 unspecified atom stereocenters. The molecule has 118 valence electrons. The summed E-state index contributed by atoms with van der Waals surface area (Å²) < 4.78 is 18.0. The summed E-state index contributed by atoms with van der Waals surface area (Å²) in [6.45, 7) is -0.323. The minimum Gasteiger partial charge on any atom is -0.456 e. The van der Waals surface area contributed by atoms with E-state index < -0.39 is 11.7 Å². The quantitative estimate of drug-likeness (QED) is 0.850. The predicted molar refractivity (Wildman–Crippen MR) is 79.5 cm³/mol. The molecule has 2 saturated carbocycles. The van der Waals surface area contributed by atoms with Gasteiger partial charge in [-0.05, 0) is 55.2 Å². The Kier molecular flexibility index (Phi) is 4.41. The number of fused-ring (bicyclic) bond motifs is 2. The van der Waals surface area contributed by atoms with E-state index in [2.05, 4.69) is 5.32 Å². The van der Waals surface area contributed by atoms with E-state index in [0.29, 0.717) is 23.9 Å². The Morgan fingerprint density at radius 1 is 1.27 bits per heavy atom. The normalized spacial score (nSPS) is 26.0. The van der Waals surface area contributed by atoms with Crippen LogP contribution in [0.4, 0.5) is 10.1 Å². The van der Waals surface area contributed by atoms with Crippen molar-refractivity contribution >= 4 is 17.6 Å². The van der Waals surface area contributed by atoms with Crippen LogP contribution in [0.1, 0.15) is 32.1 Å². The smallest absolute Gasteiger partial charge is 0.306 e. The topological polar surface area (TPSA) is 55.4 Å². The lowest BCUT2D eigenvalue weighted by atomic mass is 9.86. The molecule has 2 fully saturated rings. The molecule has 0 spiro atoms. The van der Waals surface area contributed by atoms with Crippen molar-refractivity contribution in [2.45, 2.75) is 32.1 Å². The predicted octanol–water partition coefficient (Wildman–Crippen LogP) is 3.13. The van der Waals surface area contributed by atoms with Gasteiger partial charge < -0.3 is 10.1 Å². The van der Waals surface area contributed by atoms with Gasteiger partial charge >= 0.3 is 5.97 Å². The van der Waals surface area contributed by atoms with Crippen LogP contribution < -0.4 is 5.32 Å². The van der Waals surface area contributed by atoms with Gasteiger partial charge in [0.1, 0.15) is 5.82 Å². The highest BCUT2D eigenvalue weighted by Gasteiger charge is 2.40. The summed E-state index contributed by atoms with van der Waals surface area (Å²) in [5.41, 5.74) is 0.356. The van der Waals surface area contributed by atoms with Crippen LogP contribution in [0.2, 0.25) is 0 Å². The van der Waals surface area contributed by atoms with E-state index in [4.69, 9.17) is 4.74 Å². The van der Waals surface area contributed by atoms with Crippen molar-refractivity contribution < 1.29 is 18.7 Å². The van der Waals surface area contributed by atoms with Crippen molar-refractivity contribution in [3.63, 3.8) is 0 Å². The summed E-state index contributed by atoms with van der Waals surface area (Å²) in [4.78, 5) is 23.5. The second-order valence-electron chi connectivity index (χ2n) is 6.36. The standard InChI is InChI=1S/C17H20FNO3/c18-14-2-1-3-15(9-14)19-16(20)10-22-17(21)8-13-7-11-4-5-12(13)6-11/h1-3,9,11-13H,4-8,10H2,(H,19,20)/t11-,12-,13-/m1/s1. The fourth-order valence-electron chi connectivity index (χ4n) is 3.81. The van der Waals surface area contributed by atoms with E-state index in [0.717, 1.165) is 12.3 Å². The number of carbonyl (C=O) groups excluding carboxylic acids is 2. The zero-order chi connectivity index (χ0) is 15.5. The zero-order valence-electron chi connectivity index (χ0n) is 12.4. The van der Waals surface area contributed by atoms with Crippen molar-refractivity contribution in [2.75, 3.05) is 11.9 Å². The second kappa shape index (κ2) is 6.46. The first kappa shape index (κ1) is 15.0. The van der Waals surface area contributed by atoms with E-state index in [-0.39, 0.29) is 12.6 Å². The van der Waals surface area contributed by atoms with Crippen LogP contribution >= 0.6 is 0 Å². The molecule has 5 heteroatoms. The van der Waals surface area contributed by atoms with Crippen LogP contribution in [0, 0.1) is 23.6 Å². The zero-order valence-corrected chi connectivity index (χ0v) is 12.4. The Hall–Kier alpha value is -1.91. The van der Waals surface area contributed by atoms with E-state index in [1.165, 1.54) is 37.5 Å². The number of benzene rings is 1. The molecule has 1 N–H and O–H groups in total. The van der Waals surface area contributed by atoms with Gasteiger partial charge in [-0.25, -0.2) is 4.39 Å². The molecule has 2 aliphatic carbocycles. The Morgan fingerprint density at radius 3 is 2.82 bits per heavy atom. The minimum atomic E-state index is -0.452. The molecule has 4 nitrogen and oxygen atoms in total. The van der Waals surface area contributed by atoms with Crippen molar-refractivity contribution in [1.82, 2.24) is 0 Å². The van der Waals surface area contributed by atoms with Crippen molar-refractivity contribution in [1.29, 1.82) is 0 Å². The maximum absolute atomic E-state index is 13.0. The molecule has 3 rings (SSSR count). The van der Waals surface area contributed by atoms with Crippen LogP contribution in [-0.4, -0.2) is 18.5 Å². The number of rotatable bonds is 5. The van der Waals surface area contributed by atoms with E-state index in [1.807, 2.05) is 0 Å². The molecule has 22 heavy (non-hydrogen) atoms.